The molecule has 1 saturated carbocycles. The summed E-state index contributed by atoms with van der Waals surface area (Å²) in [6, 6.07) is 4.53. The topological polar surface area (TPSA) is 127 Å². The molecule has 2 aromatic heterocycles. The van der Waals surface area contributed by atoms with Crippen molar-refractivity contribution in [1.29, 1.82) is 0 Å². The van der Waals surface area contributed by atoms with Crippen LogP contribution < -0.4 is 11.2 Å². The summed E-state index contributed by atoms with van der Waals surface area (Å²) in [6.07, 6.45) is 3.08. The SMILES string of the molecule is O=c1[nH]c2c(S(=O)(=O)c3cc(F)c4cnn(C5CC5)c4c3)ccc(Cl)c2c(=O)n1O. The van der Waals surface area contributed by atoms with E-state index in [0.717, 1.165) is 31.0 Å². The average Bonchev–Trinajstić information content (AvgIpc) is 3.44. The van der Waals surface area contributed by atoms with Gasteiger partial charge in [0.25, 0.3) is 5.56 Å². The van der Waals surface area contributed by atoms with Crippen LogP contribution in [0.2, 0.25) is 5.02 Å². The van der Waals surface area contributed by atoms with Crippen LogP contribution in [0.3, 0.4) is 0 Å². The van der Waals surface area contributed by atoms with E-state index < -0.39 is 31.8 Å². The fraction of sp³-hybridized carbons (Fsp3) is 0.167. The normalized spacial score (nSPS) is 14.6. The smallest absolute Gasteiger partial charge is 0.362 e. The summed E-state index contributed by atoms with van der Waals surface area (Å²) < 4.78 is 42.7. The van der Waals surface area contributed by atoms with E-state index in [1.807, 2.05) is 0 Å². The number of aromatic amines is 1. The van der Waals surface area contributed by atoms with Gasteiger partial charge in [0.2, 0.25) is 9.84 Å². The lowest BCUT2D eigenvalue weighted by Gasteiger charge is -2.10. The average molecular weight is 451 g/mol. The van der Waals surface area contributed by atoms with E-state index in [9.17, 15) is 27.6 Å². The summed E-state index contributed by atoms with van der Waals surface area (Å²) in [5.74, 6) is -0.762. The van der Waals surface area contributed by atoms with Crippen molar-refractivity contribution in [3.8, 4) is 0 Å². The maximum atomic E-state index is 14.7. The van der Waals surface area contributed by atoms with Gasteiger partial charge < -0.3 is 10.2 Å². The van der Waals surface area contributed by atoms with Gasteiger partial charge in [-0.3, -0.25) is 9.48 Å². The first-order chi connectivity index (χ1) is 14.2. The van der Waals surface area contributed by atoms with Gasteiger partial charge in [0.15, 0.2) is 0 Å². The molecule has 5 rings (SSSR count). The Balaban J connectivity index is 1.82. The summed E-state index contributed by atoms with van der Waals surface area (Å²) in [7, 11) is -4.38. The van der Waals surface area contributed by atoms with Crippen molar-refractivity contribution < 1.29 is 18.0 Å². The number of nitrogens with zero attached hydrogens (tertiary/aromatic N) is 3. The van der Waals surface area contributed by atoms with Crippen molar-refractivity contribution in [2.45, 2.75) is 28.7 Å². The van der Waals surface area contributed by atoms with Gasteiger partial charge in [-0.25, -0.2) is 17.6 Å². The lowest BCUT2D eigenvalue weighted by Crippen LogP contribution is -2.33. The predicted octanol–water partition coefficient (Wildman–Crippen LogP) is 2.24. The molecule has 0 unspecified atom stereocenters. The number of H-pyrrole nitrogens is 1. The molecule has 0 atom stereocenters. The molecule has 4 aromatic rings. The zero-order valence-electron chi connectivity index (χ0n) is 15.0. The molecule has 1 aliphatic rings. The molecule has 2 N–H and O–H groups in total. The first-order valence-corrected chi connectivity index (χ1v) is 10.6. The van der Waals surface area contributed by atoms with E-state index >= 15 is 0 Å². The molecule has 0 radical (unpaired) electrons. The minimum atomic E-state index is -4.38. The first kappa shape index (κ1) is 18.8. The minimum absolute atomic E-state index is 0.0931. The maximum Gasteiger partial charge on any atom is 0.362 e. The highest BCUT2D eigenvalue weighted by Gasteiger charge is 2.29. The van der Waals surface area contributed by atoms with Crippen molar-refractivity contribution in [1.82, 2.24) is 19.5 Å². The lowest BCUT2D eigenvalue weighted by atomic mass is 10.2. The van der Waals surface area contributed by atoms with E-state index in [1.54, 1.807) is 4.68 Å². The Morgan fingerprint density at radius 2 is 1.97 bits per heavy atom. The Bertz CT molecular complexity index is 1600. The Labute approximate surface area is 171 Å². The molecule has 12 heteroatoms. The maximum absolute atomic E-state index is 14.7. The molecule has 154 valence electrons. The van der Waals surface area contributed by atoms with Gasteiger partial charge >= 0.3 is 5.69 Å². The van der Waals surface area contributed by atoms with Gasteiger partial charge in [-0.2, -0.15) is 5.10 Å². The quantitative estimate of drug-likeness (QED) is 0.461. The van der Waals surface area contributed by atoms with Crippen molar-refractivity contribution >= 4 is 43.2 Å². The summed E-state index contributed by atoms with van der Waals surface area (Å²) in [5.41, 5.74) is -2.46. The largest absolute Gasteiger partial charge is 0.421 e. The highest BCUT2D eigenvalue weighted by Crippen LogP contribution is 2.38. The van der Waals surface area contributed by atoms with Crippen LogP contribution in [0.15, 0.2) is 49.8 Å². The van der Waals surface area contributed by atoms with Crippen LogP contribution in [0.1, 0.15) is 18.9 Å². The Morgan fingerprint density at radius 3 is 2.67 bits per heavy atom. The number of rotatable bonds is 3. The third-order valence-electron chi connectivity index (χ3n) is 5.08. The van der Waals surface area contributed by atoms with Gasteiger partial charge in [0.1, 0.15) is 5.82 Å². The van der Waals surface area contributed by atoms with Crippen LogP contribution in [0.5, 0.6) is 0 Å². The standard InChI is InChI=1S/C18H12ClFN4O5S/c19-11-3-4-14(16-15(11)17(25)24(27)18(26)22-16)30(28,29)9-5-12(20)10-7-21-23(8-1-2-8)13(10)6-9/h3-8,27H,1-2H2,(H,22,26). The lowest BCUT2D eigenvalue weighted by molar-refractivity contribution is 0.162. The zero-order valence-corrected chi connectivity index (χ0v) is 16.5. The van der Waals surface area contributed by atoms with Gasteiger partial charge in [0.05, 0.1) is 48.9 Å². The van der Waals surface area contributed by atoms with Crippen LogP contribution >= 0.6 is 11.6 Å². The molecule has 0 amide bonds. The molecule has 2 aromatic carbocycles. The van der Waals surface area contributed by atoms with Crippen LogP contribution in [0.25, 0.3) is 21.8 Å². The molecular formula is C18H12ClFN4O5S. The number of hydrogen-bond acceptors (Lipinski definition) is 6. The first-order valence-electron chi connectivity index (χ1n) is 8.79. The molecule has 9 nitrogen and oxygen atoms in total. The Hall–Kier alpha value is -3.18. The van der Waals surface area contributed by atoms with Crippen LogP contribution in [0.4, 0.5) is 4.39 Å². The van der Waals surface area contributed by atoms with Gasteiger partial charge in [-0.05, 0) is 37.1 Å². The number of aromatic nitrogens is 4. The zero-order chi connectivity index (χ0) is 21.4. The number of sulfone groups is 1. The number of nitrogens with one attached hydrogen (secondary N) is 1. The molecule has 0 bridgehead atoms. The van der Waals surface area contributed by atoms with Crippen LogP contribution in [-0.2, 0) is 9.84 Å². The second-order valence-electron chi connectivity index (χ2n) is 7.00. The summed E-state index contributed by atoms with van der Waals surface area (Å²) in [6.45, 7) is 0. The minimum Gasteiger partial charge on any atom is -0.421 e. The van der Waals surface area contributed by atoms with Gasteiger partial charge in [-0.1, -0.05) is 16.3 Å². The summed E-state index contributed by atoms with van der Waals surface area (Å²) in [5, 5.41) is 13.3. The molecule has 2 heterocycles. The number of halogens is 2. The third kappa shape index (κ3) is 2.58. The predicted molar refractivity (Wildman–Crippen MR) is 104 cm³/mol. The Morgan fingerprint density at radius 1 is 1.23 bits per heavy atom. The Kier molecular flexibility index (Phi) is 3.86. The second-order valence-corrected chi connectivity index (χ2v) is 9.33. The molecule has 1 fully saturated rings. The van der Waals surface area contributed by atoms with Crippen molar-refractivity contribution in [3.05, 3.63) is 62.1 Å². The van der Waals surface area contributed by atoms with E-state index in [1.165, 1.54) is 12.3 Å². The summed E-state index contributed by atoms with van der Waals surface area (Å²) in [4.78, 5) is 25.4. The monoisotopic (exact) mass is 450 g/mol. The van der Waals surface area contributed by atoms with Crippen LogP contribution in [0, 0.1) is 5.82 Å². The fourth-order valence-corrected chi connectivity index (χ4v) is 5.13. The molecular weight excluding hydrogens is 439 g/mol. The summed E-state index contributed by atoms with van der Waals surface area (Å²) >= 11 is 5.99. The van der Waals surface area contributed by atoms with E-state index in [2.05, 4.69) is 10.1 Å². The van der Waals surface area contributed by atoms with Crippen molar-refractivity contribution in [2.24, 2.45) is 0 Å². The van der Waals surface area contributed by atoms with E-state index in [4.69, 9.17) is 11.6 Å². The van der Waals surface area contributed by atoms with Crippen molar-refractivity contribution in [3.63, 3.8) is 0 Å². The van der Waals surface area contributed by atoms with Crippen molar-refractivity contribution in [2.75, 3.05) is 0 Å². The fourth-order valence-electron chi connectivity index (χ4n) is 3.44. The molecule has 1 aliphatic carbocycles. The highest BCUT2D eigenvalue weighted by atomic mass is 35.5. The van der Waals surface area contributed by atoms with E-state index in [0.29, 0.717) is 5.52 Å². The molecule has 0 aliphatic heterocycles. The van der Waals surface area contributed by atoms with E-state index in [-0.39, 0.29) is 37.0 Å². The molecule has 30 heavy (non-hydrogen) atoms. The second kappa shape index (κ2) is 6.16. The highest BCUT2D eigenvalue weighted by molar-refractivity contribution is 7.91. The molecule has 0 spiro atoms. The van der Waals surface area contributed by atoms with Crippen LogP contribution in [-0.4, -0.2) is 33.1 Å². The number of benzene rings is 2. The van der Waals surface area contributed by atoms with Gasteiger partial charge in [-0.15, -0.1) is 0 Å². The third-order valence-corrected chi connectivity index (χ3v) is 7.17. The van der Waals surface area contributed by atoms with Gasteiger partial charge in [0, 0.05) is 0 Å². The number of fused-ring (bicyclic) bond motifs is 2. The number of hydrogen-bond donors (Lipinski definition) is 2. The molecule has 0 saturated heterocycles.